The highest BCUT2D eigenvalue weighted by Gasteiger charge is 2.30. The van der Waals surface area contributed by atoms with Crippen molar-refractivity contribution in [1.82, 2.24) is 4.90 Å². The topological polar surface area (TPSA) is 32.8 Å². The zero-order valence-electron chi connectivity index (χ0n) is 16.3. The molecule has 3 aromatic rings. The fourth-order valence-corrected chi connectivity index (χ4v) is 4.47. The van der Waals surface area contributed by atoms with Crippen LogP contribution < -0.4 is 4.90 Å². The van der Waals surface area contributed by atoms with Gasteiger partial charge >= 0.3 is 6.09 Å². The normalized spacial score (nSPS) is 15.7. The Hall–Kier alpha value is -3.27. The number of para-hydroxylation sites is 1. The molecular weight excluding hydrogens is 360 g/mol. The van der Waals surface area contributed by atoms with Gasteiger partial charge in [-0.1, -0.05) is 66.7 Å². The highest BCUT2D eigenvalue weighted by Crippen LogP contribution is 2.44. The van der Waals surface area contributed by atoms with E-state index in [0.29, 0.717) is 19.7 Å². The standard InChI is InChI=1S/C25H24N2O2/c28-25(27-16-14-26(15-17-27)19-8-2-1-3-9-19)29-18-24-22-12-6-4-10-20(22)21-11-5-7-13-23(21)24/h1-13,24H,14-18H2. The summed E-state index contributed by atoms with van der Waals surface area (Å²) in [6.07, 6.45) is -0.209. The molecule has 1 fully saturated rings. The first kappa shape index (κ1) is 17.8. The van der Waals surface area contributed by atoms with Crippen LogP contribution in [0, 0.1) is 0 Å². The van der Waals surface area contributed by atoms with E-state index in [1.807, 2.05) is 23.1 Å². The SMILES string of the molecule is O=C(OCC1c2ccccc2-c2ccccc21)N1CCN(c2ccccc2)CC1. The van der Waals surface area contributed by atoms with Gasteiger partial charge in [-0.2, -0.15) is 0 Å². The molecule has 29 heavy (non-hydrogen) atoms. The fraction of sp³-hybridized carbons (Fsp3) is 0.240. The number of rotatable bonds is 3. The van der Waals surface area contributed by atoms with Crippen molar-refractivity contribution in [2.24, 2.45) is 0 Å². The third kappa shape index (κ3) is 3.35. The van der Waals surface area contributed by atoms with Crippen molar-refractivity contribution in [1.29, 1.82) is 0 Å². The van der Waals surface area contributed by atoms with Crippen LogP contribution in [-0.4, -0.2) is 43.8 Å². The largest absolute Gasteiger partial charge is 0.448 e. The summed E-state index contributed by atoms with van der Waals surface area (Å²) in [5.41, 5.74) is 6.20. The van der Waals surface area contributed by atoms with Crippen LogP contribution in [0.2, 0.25) is 0 Å². The van der Waals surface area contributed by atoms with E-state index in [2.05, 4.69) is 65.6 Å². The Balaban J connectivity index is 1.23. The molecule has 1 aliphatic carbocycles. The minimum atomic E-state index is -0.209. The molecule has 0 bridgehead atoms. The quantitative estimate of drug-likeness (QED) is 0.653. The Morgan fingerprint density at radius 1 is 0.759 bits per heavy atom. The van der Waals surface area contributed by atoms with E-state index in [1.165, 1.54) is 27.9 Å². The fourth-order valence-electron chi connectivity index (χ4n) is 4.47. The molecule has 0 aromatic heterocycles. The van der Waals surface area contributed by atoms with Crippen molar-refractivity contribution in [2.75, 3.05) is 37.7 Å². The summed E-state index contributed by atoms with van der Waals surface area (Å²) in [4.78, 5) is 16.8. The molecule has 3 aromatic carbocycles. The van der Waals surface area contributed by atoms with Gasteiger partial charge in [0, 0.05) is 37.8 Å². The molecule has 146 valence electrons. The van der Waals surface area contributed by atoms with Gasteiger partial charge in [0.05, 0.1) is 0 Å². The number of carbonyl (C=O) groups excluding carboxylic acids is 1. The Kier molecular flexibility index (Phi) is 4.68. The Bertz CT molecular complexity index is 965. The van der Waals surface area contributed by atoms with Crippen LogP contribution in [0.25, 0.3) is 11.1 Å². The average molecular weight is 384 g/mol. The van der Waals surface area contributed by atoms with Crippen LogP contribution in [0.5, 0.6) is 0 Å². The van der Waals surface area contributed by atoms with Gasteiger partial charge in [0.25, 0.3) is 0 Å². The van der Waals surface area contributed by atoms with E-state index in [4.69, 9.17) is 4.74 Å². The van der Waals surface area contributed by atoms with Crippen LogP contribution >= 0.6 is 0 Å². The van der Waals surface area contributed by atoms with Crippen LogP contribution in [-0.2, 0) is 4.74 Å². The Morgan fingerprint density at radius 3 is 1.93 bits per heavy atom. The number of hydrogen-bond donors (Lipinski definition) is 0. The first-order valence-electron chi connectivity index (χ1n) is 10.2. The van der Waals surface area contributed by atoms with Gasteiger partial charge in [0.2, 0.25) is 0 Å². The molecule has 0 spiro atoms. The zero-order chi connectivity index (χ0) is 19.6. The van der Waals surface area contributed by atoms with Crippen LogP contribution in [0.4, 0.5) is 10.5 Å². The summed E-state index contributed by atoms with van der Waals surface area (Å²) in [6.45, 7) is 3.41. The predicted octanol–water partition coefficient (Wildman–Crippen LogP) is 4.76. The van der Waals surface area contributed by atoms with Crippen LogP contribution in [0.3, 0.4) is 0 Å². The molecule has 0 radical (unpaired) electrons. The molecular formula is C25H24N2O2. The van der Waals surface area contributed by atoms with E-state index in [1.54, 1.807) is 0 Å². The third-order valence-electron chi connectivity index (χ3n) is 6.00. The molecule has 5 rings (SSSR count). The van der Waals surface area contributed by atoms with Crippen molar-refractivity contribution in [2.45, 2.75) is 5.92 Å². The van der Waals surface area contributed by atoms with Crippen LogP contribution in [0.15, 0.2) is 78.9 Å². The molecule has 1 aliphatic heterocycles. The van der Waals surface area contributed by atoms with E-state index in [0.717, 1.165) is 13.1 Å². The summed E-state index contributed by atoms with van der Waals surface area (Å²) in [7, 11) is 0. The molecule has 4 nitrogen and oxygen atoms in total. The summed E-state index contributed by atoms with van der Waals surface area (Å²) in [5.74, 6) is 0.108. The highest BCUT2D eigenvalue weighted by atomic mass is 16.6. The maximum Gasteiger partial charge on any atom is 0.409 e. The predicted molar refractivity (Wildman–Crippen MR) is 115 cm³/mol. The second-order valence-corrected chi connectivity index (χ2v) is 7.61. The lowest BCUT2D eigenvalue weighted by Crippen LogP contribution is -2.49. The zero-order valence-corrected chi connectivity index (χ0v) is 16.3. The molecule has 0 saturated carbocycles. The maximum absolute atomic E-state index is 12.7. The van der Waals surface area contributed by atoms with Crippen LogP contribution in [0.1, 0.15) is 17.0 Å². The summed E-state index contributed by atoms with van der Waals surface area (Å²) in [6, 6.07) is 27.2. The first-order valence-corrected chi connectivity index (χ1v) is 10.2. The molecule has 1 saturated heterocycles. The average Bonchev–Trinajstić information content (AvgIpc) is 3.12. The molecule has 0 N–H and O–H groups in total. The Labute approximate surface area is 171 Å². The first-order chi connectivity index (χ1) is 14.3. The lowest BCUT2D eigenvalue weighted by Gasteiger charge is -2.35. The molecule has 0 unspecified atom stereocenters. The van der Waals surface area contributed by atoms with Crippen molar-refractivity contribution in [3.05, 3.63) is 90.0 Å². The number of fused-ring (bicyclic) bond motifs is 3. The van der Waals surface area contributed by atoms with Crippen molar-refractivity contribution in [3.8, 4) is 11.1 Å². The number of anilines is 1. The van der Waals surface area contributed by atoms with E-state index in [9.17, 15) is 4.79 Å². The highest BCUT2D eigenvalue weighted by molar-refractivity contribution is 5.79. The maximum atomic E-state index is 12.7. The smallest absolute Gasteiger partial charge is 0.409 e. The minimum absolute atomic E-state index is 0.108. The van der Waals surface area contributed by atoms with Gasteiger partial charge in [-0.15, -0.1) is 0 Å². The van der Waals surface area contributed by atoms with Gasteiger partial charge < -0.3 is 14.5 Å². The number of hydrogen-bond acceptors (Lipinski definition) is 3. The van der Waals surface area contributed by atoms with Crippen molar-refractivity contribution >= 4 is 11.8 Å². The molecule has 4 heteroatoms. The van der Waals surface area contributed by atoms with E-state index < -0.39 is 0 Å². The summed E-state index contributed by atoms with van der Waals surface area (Å²) in [5, 5.41) is 0. The number of benzene rings is 3. The van der Waals surface area contributed by atoms with Crippen molar-refractivity contribution in [3.63, 3.8) is 0 Å². The molecule has 1 heterocycles. The van der Waals surface area contributed by atoms with E-state index in [-0.39, 0.29) is 12.0 Å². The lowest BCUT2D eigenvalue weighted by molar-refractivity contribution is 0.0977. The number of ether oxygens (including phenoxy) is 1. The monoisotopic (exact) mass is 384 g/mol. The summed E-state index contributed by atoms with van der Waals surface area (Å²) < 4.78 is 5.79. The lowest BCUT2D eigenvalue weighted by atomic mass is 9.98. The second kappa shape index (κ2) is 7.63. The molecule has 1 amide bonds. The third-order valence-corrected chi connectivity index (χ3v) is 6.00. The summed E-state index contributed by atoms with van der Waals surface area (Å²) >= 11 is 0. The minimum Gasteiger partial charge on any atom is -0.448 e. The number of amides is 1. The van der Waals surface area contributed by atoms with Gasteiger partial charge in [0.15, 0.2) is 0 Å². The van der Waals surface area contributed by atoms with Crippen molar-refractivity contribution < 1.29 is 9.53 Å². The Morgan fingerprint density at radius 2 is 1.31 bits per heavy atom. The number of carbonyl (C=O) groups is 1. The number of piperazine rings is 1. The van der Waals surface area contributed by atoms with Gasteiger partial charge in [-0.25, -0.2) is 4.79 Å². The molecule has 2 aliphatic rings. The second-order valence-electron chi connectivity index (χ2n) is 7.61. The number of nitrogens with zero attached hydrogens (tertiary/aromatic N) is 2. The molecule has 0 atom stereocenters. The van der Waals surface area contributed by atoms with Gasteiger partial charge in [0.1, 0.15) is 6.61 Å². The van der Waals surface area contributed by atoms with Gasteiger partial charge in [-0.05, 0) is 34.4 Å². The van der Waals surface area contributed by atoms with Gasteiger partial charge in [-0.3, -0.25) is 0 Å². The van der Waals surface area contributed by atoms with E-state index >= 15 is 0 Å².